The highest BCUT2D eigenvalue weighted by atomic mass is 79.9. The highest BCUT2D eigenvalue weighted by Gasteiger charge is 2.34. The van der Waals surface area contributed by atoms with Crippen LogP contribution in [-0.4, -0.2) is 11.1 Å². The van der Waals surface area contributed by atoms with Crippen LogP contribution in [0.25, 0.3) is 0 Å². The van der Waals surface area contributed by atoms with E-state index in [4.69, 9.17) is 11.6 Å². The van der Waals surface area contributed by atoms with Crippen LogP contribution in [0.15, 0.2) is 16.6 Å². The molecule has 1 rings (SSSR count). The highest BCUT2D eigenvalue weighted by molar-refractivity contribution is 9.10. The second-order valence-corrected chi connectivity index (χ2v) is 4.69. The SMILES string of the molecule is O=C(CBr)c1cc(C(F)(F)F)c(Br)cc1Cl. The van der Waals surface area contributed by atoms with E-state index in [0.717, 1.165) is 12.1 Å². The average molecular weight is 380 g/mol. The van der Waals surface area contributed by atoms with Crippen molar-refractivity contribution in [2.75, 3.05) is 5.33 Å². The third-order valence-electron chi connectivity index (χ3n) is 1.78. The summed E-state index contributed by atoms with van der Waals surface area (Å²) in [6.07, 6.45) is -4.52. The summed E-state index contributed by atoms with van der Waals surface area (Å²) < 4.78 is 37.4. The number of Topliss-reactive ketones (excluding diaryl/α,β-unsaturated/α-hetero) is 1. The average Bonchev–Trinajstić information content (AvgIpc) is 2.14. The van der Waals surface area contributed by atoms with Crippen LogP contribution in [0.1, 0.15) is 15.9 Å². The molecule has 0 aliphatic carbocycles. The topological polar surface area (TPSA) is 17.1 Å². The number of rotatable bonds is 2. The minimum Gasteiger partial charge on any atom is -0.293 e. The molecule has 88 valence electrons. The number of alkyl halides is 4. The summed E-state index contributed by atoms with van der Waals surface area (Å²) in [5.41, 5.74) is -1.06. The first-order valence-electron chi connectivity index (χ1n) is 3.92. The third kappa shape index (κ3) is 2.99. The summed E-state index contributed by atoms with van der Waals surface area (Å²) >= 11 is 11.3. The molecule has 1 aromatic carbocycles. The molecule has 0 aliphatic heterocycles. The summed E-state index contributed by atoms with van der Waals surface area (Å²) in [4.78, 5) is 11.3. The molecule has 0 spiro atoms. The molecule has 0 amide bonds. The van der Waals surface area contributed by atoms with Gasteiger partial charge in [0, 0.05) is 10.0 Å². The van der Waals surface area contributed by atoms with E-state index in [9.17, 15) is 18.0 Å². The minimum absolute atomic E-state index is 0.00988. The van der Waals surface area contributed by atoms with E-state index in [-0.39, 0.29) is 20.4 Å². The Kier molecular flexibility index (Phi) is 4.42. The Hall–Kier alpha value is -0.0700. The van der Waals surface area contributed by atoms with Crippen LogP contribution in [0.4, 0.5) is 13.2 Å². The molecular weight excluding hydrogens is 376 g/mol. The van der Waals surface area contributed by atoms with E-state index in [1.165, 1.54) is 0 Å². The van der Waals surface area contributed by atoms with Gasteiger partial charge in [0.2, 0.25) is 0 Å². The molecule has 16 heavy (non-hydrogen) atoms. The van der Waals surface area contributed by atoms with Crippen LogP contribution in [0, 0.1) is 0 Å². The van der Waals surface area contributed by atoms with Gasteiger partial charge in [-0.2, -0.15) is 13.2 Å². The zero-order chi connectivity index (χ0) is 12.5. The highest BCUT2D eigenvalue weighted by Crippen LogP contribution is 2.37. The fourth-order valence-electron chi connectivity index (χ4n) is 1.05. The number of ketones is 1. The summed E-state index contributed by atoms with van der Waals surface area (Å²) in [6.45, 7) is 0. The number of carbonyl (C=O) groups excluding carboxylic acids is 1. The maximum Gasteiger partial charge on any atom is 0.417 e. The van der Waals surface area contributed by atoms with Gasteiger partial charge in [0.25, 0.3) is 0 Å². The summed E-state index contributed by atoms with van der Waals surface area (Å²) in [5, 5.41) is -0.0876. The standard InChI is InChI=1S/C9H4Br2ClF3O/c10-3-8(16)4-1-5(9(13,14)15)6(11)2-7(4)12/h1-2H,3H2. The fraction of sp³-hybridized carbons (Fsp3) is 0.222. The molecule has 0 N–H and O–H groups in total. The Morgan fingerprint density at radius 3 is 2.38 bits per heavy atom. The number of hydrogen-bond donors (Lipinski definition) is 0. The smallest absolute Gasteiger partial charge is 0.293 e. The Balaban J connectivity index is 3.39. The predicted octanol–water partition coefficient (Wildman–Crippen LogP) is 4.70. The van der Waals surface area contributed by atoms with Crippen molar-refractivity contribution < 1.29 is 18.0 Å². The summed E-state index contributed by atoms with van der Waals surface area (Å²) in [5.74, 6) is -0.497. The number of carbonyl (C=O) groups is 1. The minimum atomic E-state index is -4.52. The van der Waals surface area contributed by atoms with E-state index in [0.29, 0.717) is 0 Å². The molecule has 0 saturated carbocycles. The van der Waals surface area contributed by atoms with Crippen molar-refractivity contribution in [2.45, 2.75) is 6.18 Å². The summed E-state index contributed by atoms with van der Waals surface area (Å²) in [7, 11) is 0. The van der Waals surface area contributed by atoms with Crippen LogP contribution < -0.4 is 0 Å². The van der Waals surface area contributed by atoms with Gasteiger partial charge in [-0.25, -0.2) is 0 Å². The van der Waals surface area contributed by atoms with Gasteiger partial charge < -0.3 is 0 Å². The van der Waals surface area contributed by atoms with Crippen molar-refractivity contribution in [1.29, 1.82) is 0 Å². The van der Waals surface area contributed by atoms with Crippen molar-refractivity contribution in [3.05, 3.63) is 32.8 Å². The van der Waals surface area contributed by atoms with Crippen molar-refractivity contribution >= 4 is 49.2 Å². The monoisotopic (exact) mass is 378 g/mol. The van der Waals surface area contributed by atoms with Gasteiger partial charge in [-0.05, 0) is 12.1 Å². The van der Waals surface area contributed by atoms with Crippen molar-refractivity contribution in [3.8, 4) is 0 Å². The normalized spacial score (nSPS) is 11.6. The Morgan fingerprint density at radius 1 is 1.38 bits per heavy atom. The van der Waals surface area contributed by atoms with E-state index in [1.54, 1.807) is 0 Å². The van der Waals surface area contributed by atoms with Crippen LogP contribution in [0.3, 0.4) is 0 Å². The predicted molar refractivity (Wildman–Crippen MR) is 62.3 cm³/mol. The van der Waals surface area contributed by atoms with Crippen molar-refractivity contribution in [2.24, 2.45) is 0 Å². The second kappa shape index (κ2) is 5.06. The van der Waals surface area contributed by atoms with Crippen LogP contribution >= 0.6 is 43.5 Å². The Bertz CT molecular complexity index is 431. The molecule has 0 unspecified atom stereocenters. The summed E-state index contributed by atoms with van der Waals surface area (Å²) in [6, 6.07) is 1.82. The molecule has 1 nitrogen and oxygen atoms in total. The molecule has 0 heterocycles. The van der Waals surface area contributed by atoms with Crippen LogP contribution in [0.2, 0.25) is 5.02 Å². The van der Waals surface area contributed by atoms with Gasteiger partial charge in [0.15, 0.2) is 5.78 Å². The molecule has 7 heteroatoms. The molecule has 0 fully saturated rings. The molecule has 0 radical (unpaired) electrons. The van der Waals surface area contributed by atoms with Gasteiger partial charge in [-0.3, -0.25) is 4.79 Å². The lowest BCUT2D eigenvalue weighted by molar-refractivity contribution is -0.138. The number of halogens is 6. The molecule has 1 aromatic rings. The zero-order valence-electron chi connectivity index (χ0n) is 7.54. The molecule has 0 aliphatic rings. The van der Waals surface area contributed by atoms with Gasteiger partial charge in [-0.15, -0.1) is 0 Å². The van der Waals surface area contributed by atoms with Gasteiger partial charge in [0.1, 0.15) is 0 Å². The lowest BCUT2D eigenvalue weighted by Gasteiger charge is -2.11. The maximum absolute atomic E-state index is 12.5. The molecule has 0 atom stereocenters. The first kappa shape index (κ1) is 14.0. The Labute approximate surface area is 111 Å². The second-order valence-electron chi connectivity index (χ2n) is 2.87. The van der Waals surface area contributed by atoms with E-state index < -0.39 is 17.5 Å². The molecule has 0 aromatic heterocycles. The molecule has 0 bridgehead atoms. The number of hydrogen-bond acceptors (Lipinski definition) is 1. The van der Waals surface area contributed by atoms with Crippen LogP contribution in [-0.2, 0) is 6.18 Å². The quantitative estimate of drug-likeness (QED) is 0.537. The van der Waals surface area contributed by atoms with Gasteiger partial charge >= 0.3 is 6.18 Å². The lowest BCUT2D eigenvalue weighted by Crippen LogP contribution is -2.10. The van der Waals surface area contributed by atoms with Gasteiger partial charge in [0.05, 0.1) is 15.9 Å². The Morgan fingerprint density at radius 2 is 1.94 bits per heavy atom. The van der Waals surface area contributed by atoms with Crippen LogP contribution in [0.5, 0.6) is 0 Å². The van der Waals surface area contributed by atoms with E-state index in [1.807, 2.05) is 0 Å². The molecule has 0 saturated heterocycles. The lowest BCUT2D eigenvalue weighted by atomic mass is 10.1. The number of benzene rings is 1. The van der Waals surface area contributed by atoms with Crippen molar-refractivity contribution in [3.63, 3.8) is 0 Å². The molecular formula is C9H4Br2ClF3O. The van der Waals surface area contributed by atoms with Crippen molar-refractivity contribution in [1.82, 2.24) is 0 Å². The largest absolute Gasteiger partial charge is 0.417 e. The van der Waals surface area contributed by atoms with E-state index in [2.05, 4.69) is 31.9 Å². The fourth-order valence-corrected chi connectivity index (χ4v) is 2.32. The van der Waals surface area contributed by atoms with Gasteiger partial charge in [-0.1, -0.05) is 43.5 Å². The maximum atomic E-state index is 12.5. The first-order valence-corrected chi connectivity index (χ1v) is 6.22. The third-order valence-corrected chi connectivity index (χ3v) is 3.26. The van der Waals surface area contributed by atoms with E-state index >= 15 is 0 Å². The zero-order valence-corrected chi connectivity index (χ0v) is 11.5. The first-order chi connectivity index (χ1) is 7.27.